The van der Waals surface area contributed by atoms with Crippen molar-refractivity contribution in [2.24, 2.45) is 0 Å². The first-order chi connectivity index (χ1) is 5.79. The van der Waals surface area contributed by atoms with Crippen molar-refractivity contribution < 1.29 is 27.8 Å². The van der Waals surface area contributed by atoms with Crippen molar-refractivity contribution in [3.63, 3.8) is 0 Å². The minimum absolute atomic E-state index is 0.872. The van der Waals surface area contributed by atoms with Gasteiger partial charge in [0, 0.05) is 0 Å². The van der Waals surface area contributed by atoms with Crippen LogP contribution in [0.2, 0.25) is 0 Å². The third-order valence-corrected chi connectivity index (χ3v) is 1.27. The summed E-state index contributed by atoms with van der Waals surface area (Å²) in [6.45, 7) is 1.15. The molecule has 0 aliphatic rings. The van der Waals surface area contributed by atoms with Gasteiger partial charge in [-0.3, -0.25) is 10.1 Å². The quantitative estimate of drug-likeness (QED) is 0.499. The summed E-state index contributed by atoms with van der Waals surface area (Å²) in [6.07, 6.45) is -7.51. The van der Waals surface area contributed by atoms with Gasteiger partial charge in [0.05, 0.1) is 7.11 Å². The molecule has 2 N–H and O–H groups in total. The summed E-state index contributed by atoms with van der Waals surface area (Å²) in [5.41, 5.74) is 0. The van der Waals surface area contributed by atoms with Crippen LogP contribution in [0.5, 0.6) is 0 Å². The lowest BCUT2D eigenvalue weighted by Gasteiger charge is -2.19. The van der Waals surface area contributed by atoms with Gasteiger partial charge in [0.25, 0.3) is 0 Å². The number of aliphatic hydroxyl groups excluding tert-OH is 1. The number of carbonyl (C=O) groups excluding carboxylic acids is 1. The van der Waals surface area contributed by atoms with Crippen LogP contribution < -0.4 is 5.32 Å². The normalized spacial score (nSPS) is 16.5. The second-order valence-electron chi connectivity index (χ2n) is 2.36. The molecular weight excluding hydrogens is 191 g/mol. The minimum Gasteiger partial charge on any atom is -0.468 e. The second-order valence-corrected chi connectivity index (χ2v) is 2.36. The van der Waals surface area contributed by atoms with Crippen molar-refractivity contribution in [2.45, 2.75) is 25.4 Å². The summed E-state index contributed by atoms with van der Waals surface area (Å²) in [5, 5.41) is 10.1. The highest BCUT2D eigenvalue weighted by molar-refractivity contribution is 5.75. The molecule has 4 nitrogen and oxygen atoms in total. The molecule has 0 heterocycles. The van der Waals surface area contributed by atoms with Gasteiger partial charge in [-0.2, -0.15) is 13.2 Å². The lowest BCUT2D eigenvalue weighted by Crippen LogP contribution is -2.49. The highest BCUT2D eigenvalue weighted by Crippen LogP contribution is 2.18. The molecule has 13 heavy (non-hydrogen) atoms. The van der Waals surface area contributed by atoms with Gasteiger partial charge in [0.1, 0.15) is 6.04 Å². The Morgan fingerprint density at radius 1 is 1.54 bits per heavy atom. The predicted molar refractivity (Wildman–Crippen MR) is 36.7 cm³/mol. The number of ether oxygens (including phenoxy) is 1. The molecule has 2 unspecified atom stereocenters. The lowest BCUT2D eigenvalue weighted by molar-refractivity contribution is -0.216. The third kappa shape index (κ3) is 4.09. The number of halogens is 3. The fourth-order valence-corrected chi connectivity index (χ4v) is 0.576. The Kier molecular flexibility index (Phi) is 4.15. The van der Waals surface area contributed by atoms with Crippen molar-refractivity contribution in [1.82, 2.24) is 5.32 Å². The van der Waals surface area contributed by atoms with Crippen LogP contribution in [-0.2, 0) is 9.53 Å². The summed E-state index contributed by atoms with van der Waals surface area (Å²) in [4.78, 5) is 10.6. The fraction of sp³-hybridized carbons (Fsp3) is 0.833. The van der Waals surface area contributed by atoms with Crippen molar-refractivity contribution in [3.8, 4) is 0 Å². The Morgan fingerprint density at radius 2 is 2.00 bits per heavy atom. The molecule has 0 aliphatic carbocycles. The van der Waals surface area contributed by atoms with Gasteiger partial charge in [-0.05, 0) is 6.92 Å². The van der Waals surface area contributed by atoms with Gasteiger partial charge < -0.3 is 9.84 Å². The number of aliphatic hydroxyl groups is 1. The maximum atomic E-state index is 11.7. The van der Waals surface area contributed by atoms with Crippen LogP contribution in [0, 0.1) is 0 Å². The molecule has 0 aromatic rings. The maximum Gasteiger partial charge on any atom is 0.427 e. The maximum absolute atomic E-state index is 11.7. The van der Waals surface area contributed by atoms with Crippen molar-refractivity contribution in [2.75, 3.05) is 7.11 Å². The van der Waals surface area contributed by atoms with E-state index in [9.17, 15) is 18.0 Å². The Labute approximate surface area is 72.7 Å². The highest BCUT2D eigenvalue weighted by Gasteiger charge is 2.39. The van der Waals surface area contributed by atoms with Crippen LogP contribution in [-0.4, -0.2) is 36.6 Å². The zero-order valence-electron chi connectivity index (χ0n) is 7.05. The van der Waals surface area contributed by atoms with Crippen molar-refractivity contribution in [1.29, 1.82) is 0 Å². The van der Waals surface area contributed by atoms with Gasteiger partial charge in [0.2, 0.25) is 6.23 Å². The molecule has 2 atom stereocenters. The molecular formula is C6H10F3NO3. The highest BCUT2D eigenvalue weighted by atomic mass is 19.4. The van der Waals surface area contributed by atoms with Gasteiger partial charge >= 0.3 is 12.1 Å². The molecule has 0 saturated carbocycles. The summed E-state index contributed by atoms with van der Waals surface area (Å²) < 4.78 is 39.3. The van der Waals surface area contributed by atoms with E-state index in [0.717, 1.165) is 14.0 Å². The van der Waals surface area contributed by atoms with Gasteiger partial charge in [-0.1, -0.05) is 0 Å². The van der Waals surface area contributed by atoms with E-state index < -0.39 is 24.4 Å². The Bertz CT molecular complexity index is 182. The molecule has 0 aromatic heterocycles. The summed E-state index contributed by atoms with van der Waals surface area (Å²) in [5.74, 6) is -0.872. The van der Waals surface area contributed by atoms with E-state index in [-0.39, 0.29) is 0 Å². The van der Waals surface area contributed by atoms with E-state index >= 15 is 0 Å². The first-order valence-electron chi connectivity index (χ1n) is 3.37. The molecule has 0 amide bonds. The number of carbonyl (C=O) groups is 1. The Balaban J connectivity index is 4.06. The lowest BCUT2D eigenvalue weighted by atomic mass is 10.3. The van der Waals surface area contributed by atoms with Crippen LogP contribution in [0.25, 0.3) is 0 Å². The standard InChI is InChI=1S/C6H10F3NO3/c1-3(4(11)13-2)10-5(12)6(7,8)9/h3,5,10,12H,1-2H3. The molecule has 0 aromatic carbocycles. The van der Waals surface area contributed by atoms with Crippen LogP contribution >= 0.6 is 0 Å². The monoisotopic (exact) mass is 201 g/mol. The first-order valence-corrected chi connectivity index (χ1v) is 3.37. The van der Waals surface area contributed by atoms with Crippen molar-refractivity contribution in [3.05, 3.63) is 0 Å². The summed E-state index contributed by atoms with van der Waals surface area (Å²) >= 11 is 0. The van der Waals surface area contributed by atoms with E-state index in [1.807, 2.05) is 0 Å². The minimum atomic E-state index is -4.79. The predicted octanol–water partition coefficient (Wildman–Crippen LogP) is 0.0182. The first kappa shape index (κ1) is 12.2. The average Bonchev–Trinajstić information content (AvgIpc) is 2.01. The van der Waals surface area contributed by atoms with Crippen LogP contribution in [0.4, 0.5) is 13.2 Å². The number of rotatable bonds is 3. The number of hydrogen-bond donors (Lipinski definition) is 2. The zero-order chi connectivity index (χ0) is 10.6. The number of methoxy groups -OCH3 is 1. The smallest absolute Gasteiger partial charge is 0.427 e. The molecule has 0 spiro atoms. The fourth-order valence-electron chi connectivity index (χ4n) is 0.576. The second kappa shape index (κ2) is 4.43. The number of hydrogen-bond acceptors (Lipinski definition) is 4. The number of alkyl halides is 3. The molecule has 0 rings (SSSR count). The van der Waals surface area contributed by atoms with Gasteiger partial charge in [-0.15, -0.1) is 0 Å². The largest absolute Gasteiger partial charge is 0.468 e. The van der Waals surface area contributed by atoms with Crippen LogP contribution in [0.1, 0.15) is 6.92 Å². The SMILES string of the molecule is COC(=O)C(C)NC(O)C(F)(F)F. The molecule has 7 heteroatoms. The number of nitrogens with one attached hydrogen (secondary N) is 1. The van der Waals surface area contributed by atoms with E-state index in [0.29, 0.717) is 0 Å². The van der Waals surface area contributed by atoms with Crippen LogP contribution in [0.3, 0.4) is 0 Å². The molecule has 0 aliphatic heterocycles. The average molecular weight is 201 g/mol. The van der Waals surface area contributed by atoms with Crippen LogP contribution in [0.15, 0.2) is 0 Å². The third-order valence-electron chi connectivity index (χ3n) is 1.27. The Hall–Kier alpha value is -0.820. The molecule has 78 valence electrons. The van der Waals surface area contributed by atoms with Crippen molar-refractivity contribution >= 4 is 5.97 Å². The zero-order valence-corrected chi connectivity index (χ0v) is 7.05. The molecule has 0 saturated heterocycles. The van der Waals surface area contributed by atoms with Gasteiger partial charge in [-0.25, -0.2) is 0 Å². The number of esters is 1. The van der Waals surface area contributed by atoms with E-state index in [1.165, 1.54) is 0 Å². The topological polar surface area (TPSA) is 58.6 Å². The van der Waals surface area contributed by atoms with E-state index in [4.69, 9.17) is 5.11 Å². The van der Waals surface area contributed by atoms with E-state index in [2.05, 4.69) is 4.74 Å². The van der Waals surface area contributed by atoms with Gasteiger partial charge in [0.15, 0.2) is 0 Å². The Morgan fingerprint density at radius 3 is 2.31 bits per heavy atom. The van der Waals surface area contributed by atoms with E-state index in [1.54, 1.807) is 5.32 Å². The molecule has 0 radical (unpaired) electrons. The summed E-state index contributed by atoms with van der Waals surface area (Å²) in [7, 11) is 1.04. The molecule has 0 fully saturated rings. The molecule has 0 bridgehead atoms. The summed E-state index contributed by atoms with van der Waals surface area (Å²) in [6, 6.07) is -1.21.